The van der Waals surface area contributed by atoms with Gasteiger partial charge in [-0.25, -0.2) is 18.6 Å². The summed E-state index contributed by atoms with van der Waals surface area (Å²) in [6, 6.07) is 18.0. The molecule has 1 aliphatic heterocycles. The molecule has 1 atom stereocenters. The summed E-state index contributed by atoms with van der Waals surface area (Å²) in [5.74, 6) is -2.18. The SMILES string of the molecule is COC(=O)c1ccc(NC(=O)C2CC(=O)N(CCc3ccc(F)cc3)C(=Nc3ccccc3F)S2)cc1. The van der Waals surface area contributed by atoms with Crippen molar-refractivity contribution < 1.29 is 27.9 Å². The molecule has 37 heavy (non-hydrogen) atoms. The van der Waals surface area contributed by atoms with E-state index in [9.17, 15) is 23.2 Å². The second kappa shape index (κ2) is 11.8. The van der Waals surface area contributed by atoms with Gasteiger partial charge in [0.1, 0.15) is 22.6 Å². The summed E-state index contributed by atoms with van der Waals surface area (Å²) < 4.78 is 32.3. The van der Waals surface area contributed by atoms with E-state index in [0.717, 1.165) is 17.3 Å². The first-order valence-corrected chi connectivity index (χ1v) is 12.3. The predicted octanol–water partition coefficient (Wildman–Crippen LogP) is 4.95. The lowest BCUT2D eigenvalue weighted by atomic mass is 10.1. The molecule has 4 rings (SSSR count). The molecule has 1 fully saturated rings. The van der Waals surface area contributed by atoms with E-state index in [1.54, 1.807) is 30.3 Å². The summed E-state index contributed by atoms with van der Waals surface area (Å²) in [6.45, 7) is 0.230. The van der Waals surface area contributed by atoms with Crippen LogP contribution in [0, 0.1) is 11.6 Å². The first kappa shape index (κ1) is 26.0. The van der Waals surface area contributed by atoms with Crippen molar-refractivity contribution in [3.63, 3.8) is 0 Å². The number of esters is 1. The fourth-order valence-electron chi connectivity index (χ4n) is 3.63. The lowest BCUT2D eigenvalue weighted by Crippen LogP contribution is -2.46. The molecule has 0 aromatic heterocycles. The number of thioether (sulfide) groups is 1. The highest BCUT2D eigenvalue weighted by Gasteiger charge is 2.36. The number of anilines is 1. The van der Waals surface area contributed by atoms with Gasteiger partial charge in [-0.05, 0) is 60.5 Å². The number of methoxy groups -OCH3 is 1. The molecular formula is C27H23F2N3O4S. The molecule has 0 aliphatic carbocycles. The van der Waals surface area contributed by atoms with E-state index in [2.05, 4.69) is 15.0 Å². The van der Waals surface area contributed by atoms with Crippen LogP contribution in [0.4, 0.5) is 20.2 Å². The Kier molecular flexibility index (Phi) is 8.29. The number of halogens is 2. The number of carbonyl (C=O) groups is 3. The summed E-state index contributed by atoms with van der Waals surface area (Å²) in [5, 5.41) is 2.14. The second-order valence-electron chi connectivity index (χ2n) is 8.14. The minimum atomic E-state index is -0.805. The highest BCUT2D eigenvalue weighted by Crippen LogP contribution is 2.31. The largest absolute Gasteiger partial charge is 0.465 e. The smallest absolute Gasteiger partial charge is 0.337 e. The van der Waals surface area contributed by atoms with E-state index in [-0.39, 0.29) is 35.5 Å². The Labute approximate surface area is 216 Å². The van der Waals surface area contributed by atoms with E-state index in [1.165, 1.54) is 54.5 Å². The third-order valence-electron chi connectivity index (χ3n) is 5.61. The van der Waals surface area contributed by atoms with Crippen molar-refractivity contribution in [1.29, 1.82) is 0 Å². The van der Waals surface area contributed by atoms with Crippen LogP contribution >= 0.6 is 11.8 Å². The van der Waals surface area contributed by atoms with E-state index in [4.69, 9.17) is 0 Å². The summed E-state index contributed by atoms with van der Waals surface area (Å²) in [5.41, 5.74) is 1.64. The average Bonchev–Trinajstić information content (AvgIpc) is 2.90. The number of para-hydroxylation sites is 1. The van der Waals surface area contributed by atoms with Crippen molar-refractivity contribution in [1.82, 2.24) is 4.90 Å². The van der Waals surface area contributed by atoms with E-state index < -0.39 is 22.9 Å². The normalized spacial score (nSPS) is 16.5. The van der Waals surface area contributed by atoms with Gasteiger partial charge in [0.05, 0.1) is 12.7 Å². The van der Waals surface area contributed by atoms with Gasteiger partial charge in [0.25, 0.3) is 0 Å². The second-order valence-corrected chi connectivity index (χ2v) is 9.31. The molecule has 1 heterocycles. The standard InChI is InChI=1S/C27H23F2N3O4S/c1-36-26(35)18-8-12-20(13-9-18)30-25(34)23-16-24(33)32(15-14-17-6-10-19(28)11-7-17)27(37-23)31-22-5-3-2-4-21(22)29/h2-13,23H,14-16H2,1H3,(H,30,34). The van der Waals surface area contributed by atoms with Crippen LogP contribution in [0.2, 0.25) is 0 Å². The molecule has 0 saturated carbocycles. The molecular weight excluding hydrogens is 500 g/mol. The number of rotatable bonds is 7. The van der Waals surface area contributed by atoms with Gasteiger partial charge < -0.3 is 10.1 Å². The van der Waals surface area contributed by atoms with Crippen LogP contribution in [-0.2, 0) is 20.7 Å². The lowest BCUT2D eigenvalue weighted by Gasteiger charge is -2.32. The maximum Gasteiger partial charge on any atom is 0.337 e. The number of ether oxygens (including phenoxy) is 1. The molecule has 7 nitrogen and oxygen atoms in total. The van der Waals surface area contributed by atoms with Crippen LogP contribution in [0.5, 0.6) is 0 Å². The van der Waals surface area contributed by atoms with Crippen LogP contribution in [0.15, 0.2) is 77.8 Å². The Morgan fingerprint density at radius 3 is 2.43 bits per heavy atom. The highest BCUT2D eigenvalue weighted by atomic mass is 32.2. The maximum absolute atomic E-state index is 14.3. The van der Waals surface area contributed by atoms with E-state index >= 15 is 0 Å². The number of amidine groups is 1. The molecule has 3 aromatic carbocycles. The Morgan fingerprint density at radius 2 is 1.76 bits per heavy atom. The average molecular weight is 524 g/mol. The first-order chi connectivity index (χ1) is 17.8. The van der Waals surface area contributed by atoms with Crippen LogP contribution in [0.3, 0.4) is 0 Å². The van der Waals surface area contributed by atoms with Crippen LogP contribution < -0.4 is 5.32 Å². The van der Waals surface area contributed by atoms with Gasteiger partial charge in [0.15, 0.2) is 5.17 Å². The zero-order chi connectivity index (χ0) is 26.4. The third-order valence-corrected chi connectivity index (χ3v) is 6.80. The van der Waals surface area contributed by atoms with Crippen molar-refractivity contribution in [3.8, 4) is 0 Å². The summed E-state index contributed by atoms with van der Waals surface area (Å²) in [4.78, 5) is 43.6. The lowest BCUT2D eigenvalue weighted by molar-refractivity contribution is -0.129. The Balaban J connectivity index is 1.53. The van der Waals surface area contributed by atoms with Crippen molar-refractivity contribution >= 4 is 46.1 Å². The number of carbonyl (C=O) groups excluding carboxylic acids is 3. The Hall–Kier alpha value is -4.05. The molecule has 3 aromatic rings. The molecule has 1 N–H and O–H groups in total. The van der Waals surface area contributed by atoms with Crippen molar-refractivity contribution in [3.05, 3.63) is 95.6 Å². The van der Waals surface area contributed by atoms with Gasteiger partial charge in [-0.15, -0.1) is 0 Å². The quantitative estimate of drug-likeness (QED) is 0.443. The van der Waals surface area contributed by atoms with E-state index in [0.29, 0.717) is 17.7 Å². The molecule has 1 aliphatic rings. The summed E-state index contributed by atoms with van der Waals surface area (Å²) >= 11 is 1.07. The molecule has 2 amide bonds. The van der Waals surface area contributed by atoms with E-state index in [1.807, 2.05) is 0 Å². The van der Waals surface area contributed by atoms with Crippen LogP contribution in [0.25, 0.3) is 0 Å². The third kappa shape index (κ3) is 6.59. The molecule has 1 unspecified atom stereocenters. The zero-order valence-electron chi connectivity index (χ0n) is 19.8. The van der Waals surface area contributed by atoms with Crippen molar-refractivity contribution in [2.24, 2.45) is 4.99 Å². The van der Waals surface area contributed by atoms with Gasteiger partial charge >= 0.3 is 5.97 Å². The van der Waals surface area contributed by atoms with Gasteiger partial charge in [-0.1, -0.05) is 36.0 Å². The zero-order valence-corrected chi connectivity index (χ0v) is 20.6. The van der Waals surface area contributed by atoms with Crippen LogP contribution in [-0.4, -0.2) is 46.8 Å². The number of nitrogens with zero attached hydrogens (tertiary/aromatic N) is 2. The van der Waals surface area contributed by atoms with Gasteiger partial charge in [-0.3, -0.25) is 14.5 Å². The summed E-state index contributed by atoms with van der Waals surface area (Å²) in [6.07, 6.45) is 0.336. The number of nitrogens with one attached hydrogen (secondary N) is 1. The monoisotopic (exact) mass is 523 g/mol. The van der Waals surface area contributed by atoms with Crippen molar-refractivity contribution in [2.45, 2.75) is 18.1 Å². The minimum Gasteiger partial charge on any atom is -0.465 e. The van der Waals surface area contributed by atoms with Gasteiger partial charge in [0, 0.05) is 18.7 Å². The van der Waals surface area contributed by atoms with Gasteiger partial charge in [0.2, 0.25) is 11.8 Å². The number of hydrogen-bond donors (Lipinski definition) is 1. The maximum atomic E-state index is 14.3. The Bertz CT molecular complexity index is 1330. The topological polar surface area (TPSA) is 88.1 Å². The van der Waals surface area contributed by atoms with Crippen molar-refractivity contribution in [2.75, 3.05) is 19.0 Å². The van der Waals surface area contributed by atoms with Crippen LogP contribution in [0.1, 0.15) is 22.3 Å². The first-order valence-electron chi connectivity index (χ1n) is 11.4. The molecule has 0 radical (unpaired) electrons. The summed E-state index contributed by atoms with van der Waals surface area (Å²) in [7, 11) is 1.28. The molecule has 0 bridgehead atoms. The fraction of sp³-hybridized carbons (Fsp3) is 0.185. The van der Waals surface area contributed by atoms with Gasteiger partial charge in [-0.2, -0.15) is 0 Å². The number of hydrogen-bond acceptors (Lipinski definition) is 6. The molecule has 0 spiro atoms. The Morgan fingerprint density at radius 1 is 1.05 bits per heavy atom. The predicted molar refractivity (Wildman–Crippen MR) is 138 cm³/mol. The number of aliphatic imine (C=N–C) groups is 1. The fourth-order valence-corrected chi connectivity index (χ4v) is 4.75. The number of amides is 2. The minimum absolute atomic E-state index is 0.0454. The highest BCUT2D eigenvalue weighted by molar-refractivity contribution is 8.15. The number of benzene rings is 3. The molecule has 190 valence electrons. The molecule has 1 saturated heterocycles. The molecule has 10 heteroatoms.